The van der Waals surface area contributed by atoms with Crippen molar-refractivity contribution in [2.45, 2.75) is 39.2 Å². The Kier molecular flexibility index (Phi) is 5.56. The number of nitrogens with zero attached hydrogens (tertiary/aromatic N) is 1. The molecule has 1 aromatic heterocycles. The van der Waals surface area contributed by atoms with Crippen molar-refractivity contribution in [2.24, 2.45) is 5.73 Å². The van der Waals surface area contributed by atoms with Crippen LogP contribution in [0.25, 0.3) is 0 Å². The van der Waals surface area contributed by atoms with E-state index in [-0.39, 0.29) is 6.04 Å². The van der Waals surface area contributed by atoms with E-state index < -0.39 is 0 Å². The van der Waals surface area contributed by atoms with E-state index in [9.17, 15) is 0 Å². The number of aromatic nitrogens is 1. The van der Waals surface area contributed by atoms with Crippen molar-refractivity contribution in [3.05, 3.63) is 45.9 Å². The van der Waals surface area contributed by atoms with Crippen molar-refractivity contribution < 1.29 is 4.74 Å². The molecule has 1 aromatic carbocycles. The van der Waals surface area contributed by atoms with Crippen LogP contribution in [0.4, 0.5) is 0 Å². The number of aryl methyl sites for hydroxylation is 2. The van der Waals surface area contributed by atoms with Gasteiger partial charge in [0.15, 0.2) is 0 Å². The minimum absolute atomic E-state index is 0.258. The molecule has 1 atom stereocenters. The van der Waals surface area contributed by atoms with Crippen LogP contribution in [-0.2, 0) is 12.8 Å². The third-order valence-corrected chi connectivity index (χ3v) is 4.25. The molecule has 0 fully saturated rings. The lowest BCUT2D eigenvalue weighted by Crippen LogP contribution is -2.15. The van der Waals surface area contributed by atoms with Gasteiger partial charge in [0.1, 0.15) is 5.75 Å². The van der Waals surface area contributed by atoms with Crippen LogP contribution >= 0.6 is 11.3 Å². The summed E-state index contributed by atoms with van der Waals surface area (Å²) in [6.07, 6.45) is 2.96. The molecule has 1 unspecified atom stereocenters. The lowest BCUT2D eigenvalue weighted by atomic mass is 10.1. The topological polar surface area (TPSA) is 48.1 Å². The van der Waals surface area contributed by atoms with Gasteiger partial charge in [0.05, 0.1) is 17.8 Å². The fourth-order valence-corrected chi connectivity index (χ4v) is 2.74. The standard InChI is InChI=1S/C16H22N2OS/c1-12(17)3-4-14-5-7-15(8-6-14)19-10-9-16-13(2)18-11-20-16/h5-8,11-12H,3-4,9-10,17H2,1-2H3. The predicted molar refractivity (Wildman–Crippen MR) is 84.5 cm³/mol. The lowest BCUT2D eigenvalue weighted by molar-refractivity contribution is 0.322. The zero-order valence-corrected chi connectivity index (χ0v) is 13.0. The van der Waals surface area contributed by atoms with Crippen molar-refractivity contribution in [1.29, 1.82) is 0 Å². The van der Waals surface area contributed by atoms with E-state index >= 15 is 0 Å². The zero-order chi connectivity index (χ0) is 14.4. The van der Waals surface area contributed by atoms with E-state index in [0.29, 0.717) is 6.61 Å². The number of ether oxygens (including phenoxy) is 1. The van der Waals surface area contributed by atoms with Crippen LogP contribution in [0.2, 0.25) is 0 Å². The van der Waals surface area contributed by atoms with Crippen molar-refractivity contribution in [3.8, 4) is 5.75 Å². The molecule has 0 bridgehead atoms. The molecule has 2 N–H and O–H groups in total. The Morgan fingerprint density at radius 3 is 2.60 bits per heavy atom. The third kappa shape index (κ3) is 4.62. The second-order valence-corrected chi connectivity index (χ2v) is 6.06. The van der Waals surface area contributed by atoms with Crippen LogP contribution in [0.15, 0.2) is 29.8 Å². The summed E-state index contributed by atoms with van der Waals surface area (Å²) in [6.45, 7) is 4.78. The molecule has 0 saturated heterocycles. The molecule has 0 aliphatic carbocycles. The van der Waals surface area contributed by atoms with E-state index in [1.54, 1.807) is 11.3 Å². The minimum atomic E-state index is 0.258. The van der Waals surface area contributed by atoms with Crippen LogP contribution in [0.5, 0.6) is 5.75 Å². The maximum absolute atomic E-state index is 5.77. The molecule has 2 aromatic rings. The molecule has 4 heteroatoms. The number of nitrogens with two attached hydrogens (primary N) is 1. The molecule has 0 spiro atoms. The molecular formula is C16H22N2OS. The van der Waals surface area contributed by atoms with Gasteiger partial charge in [0.25, 0.3) is 0 Å². The Balaban J connectivity index is 1.77. The second-order valence-electron chi connectivity index (χ2n) is 5.12. The van der Waals surface area contributed by atoms with Crippen LogP contribution < -0.4 is 10.5 Å². The van der Waals surface area contributed by atoms with Gasteiger partial charge in [-0.05, 0) is 44.4 Å². The van der Waals surface area contributed by atoms with Crippen molar-refractivity contribution in [3.63, 3.8) is 0 Å². The van der Waals surface area contributed by atoms with Gasteiger partial charge >= 0.3 is 0 Å². The van der Waals surface area contributed by atoms with E-state index in [1.807, 2.05) is 31.5 Å². The molecule has 0 amide bonds. The van der Waals surface area contributed by atoms with Crippen molar-refractivity contribution in [2.75, 3.05) is 6.61 Å². The van der Waals surface area contributed by atoms with Gasteiger partial charge in [-0.15, -0.1) is 11.3 Å². The van der Waals surface area contributed by atoms with Gasteiger partial charge in [0.2, 0.25) is 0 Å². The van der Waals surface area contributed by atoms with Crippen LogP contribution in [-0.4, -0.2) is 17.6 Å². The van der Waals surface area contributed by atoms with Crippen LogP contribution in [0.1, 0.15) is 29.5 Å². The first-order chi connectivity index (χ1) is 9.65. The summed E-state index contributed by atoms with van der Waals surface area (Å²) in [7, 11) is 0. The highest BCUT2D eigenvalue weighted by molar-refractivity contribution is 7.09. The molecule has 0 aliphatic rings. The molecule has 108 valence electrons. The highest BCUT2D eigenvalue weighted by atomic mass is 32.1. The molecular weight excluding hydrogens is 268 g/mol. The Labute approximate surface area is 124 Å². The lowest BCUT2D eigenvalue weighted by Gasteiger charge is -2.08. The number of thiazole rings is 1. The smallest absolute Gasteiger partial charge is 0.119 e. The van der Waals surface area contributed by atoms with E-state index in [2.05, 4.69) is 17.1 Å². The third-order valence-electron chi connectivity index (χ3n) is 3.25. The Morgan fingerprint density at radius 2 is 2.00 bits per heavy atom. The van der Waals surface area contributed by atoms with Gasteiger partial charge in [-0.3, -0.25) is 0 Å². The fourth-order valence-electron chi connectivity index (χ4n) is 1.97. The van der Waals surface area contributed by atoms with Gasteiger partial charge in [-0.25, -0.2) is 4.98 Å². The van der Waals surface area contributed by atoms with Gasteiger partial charge in [-0.2, -0.15) is 0 Å². The number of benzene rings is 1. The summed E-state index contributed by atoms with van der Waals surface area (Å²) in [6, 6.07) is 8.57. The zero-order valence-electron chi connectivity index (χ0n) is 12.1. The first-order valence-corrected chi connectivity index (χ1v) is 7.89. The van der Waals surface area contributed by atoms with E-state index in [0.717, 1.165) is 30.7 Å². The molecule has 3 nitrogen and oxygen atoms in total. The minimum Gasteiger partial charge on any atom is -0.493 e. The summed E-state index contributed by atoms with van der Waals surface area (Å²) in [5.41, 5.74) is 10.1. The van der Waals surface area contributed by atoms with Gasteiger partial charge in [-0.1, -0.05) is 12.1 Å². The molecule has 2 rings (SSSR count). The van der Waals surface area contributed by atoms with Gasteiger partial charge in [0, 0.05) is 17.3 Å². The van der Waals surface area contributed by atoms with Crippen LogP contribution in [0.3, 0.4) is 0 Å². The largest absolute Gasteiger partial charge is 0.493 e. The van der Waals surface area contributed by atoms with E-state index in [1.165, 1.54) is 10.4 Å². The summed E-state index contributed by atoms with van der Waals surface area (Å²) >= 11 is 1.69. The second kappa shape index (κ2) is 7.41. The fraction of sp³-hybridized carbons (Fsp3) is 0.438. The Morgan fingerprint density at radius 1 is 1.25 bits per heavy atom. The van der Waals surface area contributed by atoms with Crippen molar-refractivity contribution in [1.82, 2.24) is 4.98 Å². The normalized spacial score (nSPS) is 12.3. The first-order valence-electron chi connectivity index (χ1n) is 7.01. The van der Waals surface area contributed by atoms with E-state index in [4.69, 9.17) is 10.5 Å². The number of rotatable bonds is 7. The monoisotopic (exact) mass is 290 g/mol. The average Bonchev–Trinajstić information content (AvgIpc) is 2.83. The quantitative estimate of drug-likeness (QED) is 0.850. The molecule has 0 saturated carbocycles. The van der Waals surface area contributed by atoms with Gasteiger partial charge < -0.3 is 10.5 Å². The number of hydrogen-bond acceptors (Lipinski definition) is 4. The molecule has 1 heterocycles. The molecule has 0 aliphatic heterocycles. The maximum atomic E-state index is 5.77. The highest BCUT2D eigenvalue weighted by Crippen LogP contribution is 2.16. The SMILES string of the molecule is Cc1ncsc1CCOc1ccc(CCC(C)N)cc1. The summed E-state index contributed by atoms with van der Waals surface area (Å²) < 4.78 is 5.77. The summed E-state index contributed by atoms with van der Waals surface area (Å²) in [4.78, 5) is 5.55. The Hall–Kier alpha value is -1.39. The summed E-state index contributed by atoms with van der Waals surface area (Å²) in [5, 5.41) is 0. The highest BCUT2D eigenvalue weighted by Gasteiger charge is 2.02. The molecule has 0 radical (unpaired) electrons. The van der Waals surface area contributed by atoms with Crippen LogP contribution in [0, 0.1) is 6.92 Å². The predicted octanol–water partition coefficient (Wildman–Crippen LogP) is 3.35. The summed E-state index contributed by atoms with van der Waals surface area (Å²) in [5.74, 6) is 0.928. The molecule has 20 heavy (non-hydrogen) atoms. The Bertz CT molecular complexity index is 520. The average molecular weight is 290 g/mol. The first kappa shape index (κ1) is 15.0. The maximum Gasteiger partial charge on any atom is 0.119 e. The van der Waals surface area contributed by atoms with Crippen molar-refractivity contribution >= 4 is 11.3 Å². The number of hydrogen-bond donors (Lipinski definition) is 1.